The van der Waals surface area contributed by atoms with Gasteiger partial charge in [0.25, 0.3) is 0 Å². The minimum atomic E-state index is -0.509. The van der Waals surface area contributed by atoms with E-state index < -0.39 is 5.95 Å². The molecule has 0 aliphatic carbocycles. The van der Waals surface area contributed by atoms with Gasteiger partial charge in [0.05, 0.1) is 18.4 Å². The Morgan fingerprint density at radius 2 is 1.77 bits per heavy atom. The summed E-state index contributed by atoms with van der Waals surface area (Å²) < 4.78 is 13.1. The van der Waals surface area contributed by atoms with Crippen LogP contribution in [0.3, 0.4) is 0 Å². The van der Waals surface area contributed by atoms with Gasteiger partial charge in [0, 0.05) is 24.5 Å². The molecule has 1 aromatic carbocycles. The summed E-state index contributed by atoms with van der Waals surface area (Å²) in [6, 6.07) is 9.28. The van der Waals surface area contributed by atoms with Gasteiger partial charge in [-0.25, -0.2) is 4.98 Å². The second-order valence-electron chi connectivity index (χ2n) is 11.1. The third-order valence-electron chi connectivity index (χ3n) is 7.51. The first kappa shape index (κ1) is 37.5. The molecule has 0 spiro atoms. The highest BCUT2D eigenvalue weighted by molar-refractivity contribution is 5.82. The predicted molar refractivity (Wildman–Crippen MR) is 184 cm³/mol. The van der Waals surface area contributed by atoms with Gasteiger partial charge in [0.15, 0.2) is 0 Å². The highest BCUT2D eigenvalue weighted by Crippen LogP contribution is 2.32. The van der Waals surface area contributed by atoms with E-state index in [0.29, 0.717) is 11.5 Å². The van der Waals surface area contributed by atoms with Gasteiger partial charge in [-0.15, -0.1) is 0 Å². The lowest BCUT2D eigenvalue weighted by Crippen LogP contribution is -2.27. The second-order valence-corrected chi connectivity index (χ2v) is 11.1. The van der Waals surface area contributed by atoms with E-state index in [1.807, 2.05) is 52.2 Å². The van der Waals surface area contributed by atoms with Crippen LogP contribution >= 0.6 is 0 Å². The Balaban J connectivity index is 0.000000443. The maximum atomic E-state index is 13.1. The third-order valence-corrected chi connectivity index (χ3v) is 7.51. The fourth-order valence-electron chi connectivity index (χ4n) is 5.40. The van der Waals surface area contributed by atoms with Crippen LogP contribution in [0.5, 0.6) is 0 Å². The molecule has 0 saturated carbocycles. The minimum Gasteiger partial charge on any atom is -0.339 e. The van der Waals surface area contributed by atoms with Gasteiger partial charge >= 0.3 is 0 Å². The Bertz CT molecular complexity index is 1270. The van der Waals surface area contributed by atoms with Crippen LogP contribution in [-0.2, 0) is 0 Å². The fourth-order valence-corrected chi connectivity index (χ4v) is 5.40. The van der Waals surface area contributed by atoms with Crippen molar-refractivity contribution >= 4 is 11.9 Å². The van der Waals surface area contributed by atoms with E-state index in [0.717, 1.165) is 53.1 Å². The van der Waals surface area contributed by atoms with Gasteiger partial charge in [-0.3, -0.25) is 4.99 Å². The Morgan fingerprint density at radius 3 is 2.28 bits per heavy atom. The van der Waals surface area contributed by atoms with Crippen molar-refractivity contribution in [2.24, 2.45) is 16.8 Å². The van der Waals surface area contributed by atoms with Crippen molar-refractivity contribution in [1.82, 2.24) is 9.88 Å². The molecule has 0 unspecified atom stereocenters. The van der Waals surface area contributed by atoms with Crippen LogP contribution in [-0.4, -0.2) is 29.8 Å². The van der Waals surface area contributed by atoms with Gasteiger partial charge < -0.3 is 4.90 Å². The van der Waals surface area contributed by atoms with E-state index in [-0.39, 0.29) is 0 Å². The Kier molecular flexibility index (Phi) is 17.8. The topological polar surface area (TPSA) is 52.3 Å². The standard InChI is InChI=1S/C22H23FN2.C14H26N2.C2H6/c1-5-17(8-6-7-15(2)3)20-11-10-19(16(4)21(20)13-24)18-9-12-22(23)25-14-18;1-5-8-13(9-6-2)14-12(7-3)10-15-11-16(14)4;1-2/h5-6,8-12,14-15H,7H2,1-4H3;11,13H,5-10H2,1-4H3;1-2H3/b8-6+,17-5+;;. The molecule has 0 bridgehead atoms. The highest BCUT2D eigenvalue weighted by Gasteiger charge is 2.21. The Labute approximate surface area is 262 Å². The normalized spacial score (nSPS) is 13.2. The van der Waals surface area contributed by atoms with Crippen molar-refractivity contribution in [3.05, 3.63) is 82.6 Å². The molecule has 234 valence electrons. The van der Waals surface area contributed by atoms with E-state index in [9.17, 15) is 9.65 Å². The Morgan fingerprint density at radius 1 is 1.09 bits per heavy atom. The number of halogens is 1. The molecule has 0 fully saturated rings. The largest absolute Gasteiger partial charge is 0.339 e. The summed E-state index contributed by atoms with van der Waals surface area (Å²) >= 11 is 0. The third kappa shape index (κ3) is 11.2. The lowest BCUT2D eigenvalue weighted by Gasteiger charge is -2.31. The number of allylic oxidation sites excluding steroid dienone is 5. The van der Waals surface area contributed by atoms with Crippen molar-refractivity contribution in [3.63, 3.8) is 0 Å². The quantitative estimate of drug-likeness (QED) is 0.194. The maximum absolute atomic E-state index is 13.1. The van der Waals surface area contributed by atoms with E-state index in [1.54, 1.807) is 11.8 Å². The summed E-state index contributed by atoms with van der Waals surface area (Å²) in [7, 11) is 2.14. The summed E-state index contributed by atoms with van der Waals surface area (Å²) in [5, 5.41) is 9.70. The molecule has 0 N–H and O–H groups in total. The SMILES string of the molecule is C/C=C(\C=C\CC(C)C)c1ccc(-c2ccc(F)nc2)c(C)c1C#N.CC.CCCC(CCC)C1=C(CC)CN=CN1C. The Hall–Kier alpha value is -3.52. The summed E-state index contributed by atoms with van der Waals surface area (Å²) in [4.78, 5) is 10.4. The number of rotatable bonds is 11. The van der Waals surface area contributed by atoms with Crippen LogP contribution in [0.25, 0.3) is 16.7 Å². The summed E-state index contributed by atoms with van der Waals surface area (Å²) in [6.45, 7) is 20.0. The number of nitrogens with zero attached hydrogens (tertiary/aromatic N) is 4. The molecule has 4 nitrogen and oxygen atoms in total. The summed E-state index contributed by atoms with van der Waals surface area (Å²) in [5.41, 5.74) is 8.27. The average molecular weight is 587 g/mol. The first-order valence-electron chi connectivity index (χ1n) is 16.2. The van der Waals surface area contributed by atoms with E-state index in [1.165, 1.54) is 43.5 Å². The van der Waals surface area contributed by atoms with Crippen molar-refractivity contribution in [3.8, 4) is 17.2 Å². The van der Waals surface area contributed by atoms with Crippen LogP contribution in [0.15, 0.2) is 65.0 Å². The molecule has 43 heavy (non-hydrogen) atoms. The molecule has 0 atom stereocenters. The number of pyridine rings is 1. The molecule has 5 heteroatoms. The zero-order valence-electron chi connectivity index (χ0n) is 28.5. The molecule has 0 saturated heterocycles. The van der Waals surface area contributed by atoms with Crippen LogP contribution in [0, 0.1) is 36.0 Å². The van der Waals surface area contributed by atoms with Crippen molar-refractivity contribution in [2.45, 2.75) is 101 Å². The number of aliphatic imine (C=N–C) groups is 1. The zero-order chi connectivity index (χ0) is 32.4. The van der Waals surface area contributed by atoms with Crippen molar-refractivity contribution < 1.29 is 4.39 Å². The first-order valence-corrected chi connectivity index (χ1v) is 16.2. The van der Waals surface area contributed by atoms with Crippen molar-refractivity contribution in [2.75, 3.05) is 13.6 Å². The maximum Gasteiger partial charge on any atom is 0.212 e. The highest BCUT2D eigenvalue weighted by atomic mass is 19.1. The van der Waals surface area contributed by atoms with E-state index in [2.05, 4.69) is 74.8 Å². The average Bonchev–Trinajstić information content (AvgIpc) is 3.01. The number of nitriles is 1. The number of hydrogen-bond acceptors (Lipinski definition) is 4. The van der Waals surface area contributed by atoms with Crippen LogP contribution in [0.4, 0.5) is 4.39 Å². The molecule has 1 aliphatic rings. The molecule has 2 heterocycles. The monoisotopic (exact) mass is 586 g/mol. The van der Waals surface area contributed by atoms with Gasteiger partial charge in [0.1, 0.15) is 6.07 Å². The molecular formula is C38H55FN4. The molecule has 1 aliphatic heterocycles. The smallest absolute Gasteiger partial charge is 0.212 e. The molecule has 0 amide bonds. The molecular weight excluding hydrogens is 531 g/mol. The lowest BCUT2D eigenvalue weighted by atomic mass is 9.89. The molecule has 1 aromatic heterocycles. The van der Waals surface area contributed by atoms with Gasteiger partial charge in [-0.05, 0) is 91.3 Å². The number of aromatic nitrogens is 1. The number of hydrogen-bond donors (Lipinski definition) is 0. The second kappa shape index (κ2) is 20.4. The predicted octanol–water partition coefficient (Wildman–Crippen LogP) is 10.9. The lowest BCUT2D eigenvalue weighted by molar-refractivity contribution is 0.411. The minimum absolute atomic E-state index is 0.509. The summed E-state index contributed by atoms with van der Waals surface area (Å²) in [6.07, 6.45) is 17.0. The van der Waals surface area contributed by atoms with Gasteiger partial charge in [-0.1, -0.05) is 91.7 Å². The molecule has 2 aromatic rings. The molecule has 3 rings (SSSR count). The first-order chi connectivity index (χ1) is 20.7. The van der Waals surface area contributed by atoms with Gasteiger partial charge in [0.2, 0.25) is 5.95 Å². The van der Waals surface area contributed by atoms with Crippen LogP contribution in [0.2, 0.25) is 0 Å². The zero-order valence-corrected chi connectivity index (χ0v) is 28.5. The fraction of sp³-hybridized carbons (Fsp3) is 0.500. The summed E-state index contributed by atoms with van der Waals surface area (Å²) in [5.74, 6) is 0.826. The van der Waals surface area contributed by atoms with E-state index in [4.69, 9.17) is 0 Å². The van der Waals surface area contributed by atoms with Crippen molar-refractivity contribution in [1.29, 1.82) is 5.26 Å². The van der Waals surface area contributed by atoms with E-state index >= 15 is 0 Å². The van der Waals surface area contributed by atoms with Crippen LogP contribution in [0.1, 0.15) is 111 Å². The van der Waals surface area contributed by atoms with Crippen LogP contribution < -0.4 is 0 Å². The molecule has 0 radical (unpaired) electrons. The number of benzene rings is 1. The van der Waals surface area contributed by atoms with Gasteiger partial charge in [-0.2, -0.15) is 9.65 Å².